The lowest BCUT2D eigenvalue weighted by molar-refractivity contribution is 0.330. The molecule has 0 unspecified atom stereocenters. The van der Waals surface area contributed by atoms with E-state index in [-0.39, 0.29) is 0 Å². The molecule has 0 aromatic heterocycles. The molecule has 0 radical (unpaired) electrons. The highest BCUT2D eigenvalue weighted by Gasteiger charge is 1.85. The maximum atomic E-state index is 3.77. The zero-order valence-electron chi connectivity index (χ0n) is 5.76. The van der Waals surface area contributed by atoms with Gasteiger partial charge in [0.15, 0.2) is 0 Å². The van der Waals surface area contributed by atoms with E-state index in [0.717, 1.165) is 13.0 Å². The maximum absolute atomic E-state index is 3.77. The first-order valence-corrected chi connectivity index (χ1v) is 2.82. The Bertz CT molecular complexity index is 70.1. The summed E-state index contributed by atoms with van der Waals surface area (Å²) in [5.74, 6) is 0. The summed E-state index contributed by atoms with van der Waals surface area (Å²) < 4.78 is 0. The standard InChI is InChI=1S/C5H13N3/c1-4-5-8(3)7-6-2/h4-5H2,1-3H3. The minimum Gasteiger partial charge on any atom is -0.282 e. The van der Waals surface area contributed by atoms with Crippen molar-refractivity contribution in [2.75, 3.05) is 20.6 Å². The maximum Gasteiger partial charge on any atom is 0.0509 e. The predicted octanol–water partition coefficient (Wildman–Crippen LogP) is 1.33. The molecule has 0 aliphatic heterocycles. The lowest BCUT2D eigenvalue weighted by Gasteiger charge is -2.06. The van der Waals surface area contributed by atoms with Crippen LogP contribution in [0, 0.1) is 0 Å². The first kappa shape index (κ1) is 7.40. The average Bonchev–Trinajstić information content (AvgIpc) is 1.68. The summed E-state index contributed by atoms with van der Waals surface area (Å²) >= 11 is 0. The normalized spacial score (nSPS) is 10.4. The molecule has 3 nitrogen and oxygen atoms in total. The topological polar surface area (TPSA) is 28.0 Å². The molecule has 0 atom stereocenters. The molecular formula is C5H13N3. The van der Waals surface area contributed by atoms with Gasteiger partial charge in [0.05, 0.1) is 7.05 Å². The molecule has 0 aromatic rings. The summed E-state index contributed by atoms with van der Waals surface area (Å²) in [5, 5.41) is 9.20. The Morgan fingerprint density at radius 1 is 1.50 bits per heavy atom. The van der Waals surface area contributed by atoms with Gasteiger partial charge in [0.25, 0.3) is 0 Å². The van der Waals surface area contributed by atoms with E-state index >= 15 is 0 Å². The summed E-state index contributed by atoms with van der Waals surface area (Å²) in [6, 6.07) is 0. The van der Waals surface area contributed by atoms with Crippen molar-refractivity contribution in [3.8, 4) is 0 Å². The molecule has 0 saturated heterocycles. The molecule has 8 heavy (non-hydrogen) atoms. The summed E-state index contributed by atoms with van der Waals surface area (Å²) in [4.78, 5) is 0. The predicted molar refractivity (Wildman–Crippen MR) is 33.7 cm³/mol. The average molecular weight is 115 g/mol. The second kappa shape index (κ2) is 4.56. The van der Waals surface area contributed by atoms with Gasteiger partial charge < -0.3 is 0 Å². The molecule has 48 valence electrons. The van der Waals surface area contributed by atoms with E-state index in [1.54, 1.807) is 7.05 Å². The fraction of sp³-hybridized carbons (Fsp3) is 1.00. The van der Waals surface area contributed by atoms with Crippen LogP contribution in [0.3, 0.4) is 0 Å². The van der Waals surface area contributed by atoms with E-state index in [9.17, 15) is 0 Å². The van der Waals surface area contributed by atoms with Crippen molar-refractivity contribution < 1.29 is 0 Å². The fourth-order valence-corrected chi connectivity index (χ4v) is 0.521. The quantitative estimate of drug-likeness (QED) is 0.402. The van der Waals surface area contributed by atoms with E-state index < -0.39 is 0 Å². The second-order valence-corrected chi connectivity index (χ2v) is 1.67. The largest absolute Gasteiger partial charge is 0.282 e. The van der Waals surface area contributed by atoms with Crippen molar-refractivity contribution >= 4 is 0 Å². The van der Waals surface area contributed by atoms with E-state index in [4.69, 9.17) is 0 Å². The van der Waals surface area contributed by atoms with Crippen molar-refractivity contribution in [1.82, 2.24) is 5.01 Å². The Morgan fingerprint density at radius 2 is 2.12 bits per heavy atom. The van der Waals surface area contributed by atoms with Crippen molar-refractivity contribution in [2.24, 2.45) is 10.3 Å². The molecule has 0 bridgehead atoms. The van der Waals surface area contributed by atoms with Crippen molar-refractivity contribution in [1.29, 1.82) is 0 Å². The fourth-order valence-electron chi connectivity index (χ4n) is 0.521. The number of rotatable bonds is 3. The highest BCUT2D eigenvalue weighted by Crippen LogP contribution is 1.85. The van der Waals surface area contributed by atoms with E-state index in [0.29, 0.717) is 0 Å². The van der Waals surface area contributed by atoms with Crippen LogP contribution in [0.15, 0.2) is 10.3 Å². The summed E-state index contributed by atoms with van der Waals surface area (Å²) in [5.41, 5.74) is 0. The van der Waals surface area contributed by atoms with Crippen molar-refractivity contribution in [3.63, 3.8) is 0 Å². The van der Waals surface area contributed by atoms with Gasteiger partial charge in [-0.1, -0.05) is 12.1 Å². The highest BCUT2D eigenvalue weighted by molar-refractivity contribution is 4.35. The summed E-state index contributed by atoms with van der Waals surface area (Å²) in [7, 11) is 3.59. The monoisotopic (exact) mass is 115 g/mol. The van der Waals surface area contributed by atoms with Crippen LogP contribution in [0.2, 0.25) is 0 Å². The molecule has 0 spiro atoms. The first-order valence-electron chi connectivity index (χ1n) is 2.82. The molecule has 0 saturated carbocycles. The van der Waals surface area contributed by atoms with Crippen LogP contribution in [0.4, 0.5) is 0 Å². The van der Waals surface area contributed by atoms with Gasteiger partial charge in [-0.2, -0.15) is 5.11 Å². The van der Waals surface area contributed by atoms with Crippen LogP contribution in [-0.2, 0) is 0 Å². The molecule has 0 aromatic carbocycles. The lowest BCUT2D eigenvalue weighted by atomic mass is 10.5. The SMILES string of the molecule is CCCN(C)N=NC. The van der Waals surface area contributed by atoms with Gasteiger partial charge in [-0.15, -0.1) is 0 Å². The molecule has 0 amide bonds. The molecule has 0 aliphatic rings. The Labute approximate surface area is 50.4 Å². The van der Waals surface area contributed by atoms with Gasteiger partial charge in [0.1, 0.15) is 0 Å². The highest BCUT2D eigenvalue weighted by atomic mass is 15.5. The molecule has 0 aliphatic carbocycles. The van der Waals surface area contributed by atoms with Gasteiger partial charge in [0.2, 0.25) is 0 Å². The minimum atomic E-state index is 0.983. The van der Waals surface area contributed by atoms with E-state index in [2.05, 4.69) is 17.3 Å². The van der Waals surface area contributed by atoms with Crippen molar-refractivity contribution in [3.05, 3.63) is 0 Å². The van der Waals surface area contributed by atoms with Crippen LogP contribution in [0.25, 0.3) is 0 Å². The molecule has 0 rings (SSSR count). The Kier molecular flexibility index (Phi) is 4.21. The Balaban J connectivity index is 3.17. The number of hydrogen-bond donors (Lipinski definition) is 0. The van der Waals surface area contributed by atoms with Crippen molar-refractivity contribution in [2.45, 2.75) is 13.3 Å². The van der Waals surface area contributed by atoms with Crippen LogP contribution in [0.1, 0.15) is 13.3 Å². The molecule has 0 fully saturated rings. The zero-order valence-corrected chi connectivity index (χ0v) is 5.76. The molecule has 3 heteroatoms. The van der Waals surface area contributed by atoms with Gasteiger partial charge in [-0.3, -0.25) is 5.01 Å². The van der Waals surface area contributed by atoms with Gasteiger partial charge in [-0.25, -0.2) is 0 Å². The van der Waals surface area contributed by atoms with Crippen LogP contribution in [-0.4, -0.2) is 25.6 Å². The second-order valence-electron chi connectivity index (χ2n) is 1.67. The van der Waals surface area contributed by atoms with Gasteiger partial charge in [-0.05, 0) is 6.42 Å². The zero-order chi connectivity index (χ0) is 6.41. The number of hydrogen-bond acceptors (Lipinski definition) is 2. The summed E-state index contributed by atoms with van der Waals surface area (Å²) in [6.07, 6.45) is 1.12. The van der Waals surface area contributed by atoms with Gasteiger partial charge in [0, 0.05) is 13.6 Å². The minimum absolute atomic E-state index is 0.983. The third-order valence-corrected chi connectivity index (χ3v) is 0.789. The molecule has 0 N–H and O–H groups in total. The Hall–Kier alpha value is -0.600. The van der Waals surface area contributed by atoms with Crippen LogP contribution < -0.4 is 0 Å². The lowest BCUT2D eigenvalue weighted by Crippen LogP contribution is -2.10. The van der Waals surface area contributed by atoms with Gasteiger partial charge >= 0.3 is 0 Å². The smallest absolute Gasteiger partial charge is 0.0509 e. The third kappa shape index (κ3) is 3.59. The van der Waals surface area contributed by atoms with Crippen LogP contribution >= 0.6 is 0 Å². The molecular weight excluding hydrogens is 102 g/mol. The third-order valence-electron chi connectivity index (χ3n) is 0.789. The van der Waals surface area contributed by atoms with E-state index in [1.165, 1.54) is 0 Å². The van der Waals surface area contributed by atoms with Crippen LogP contribution in [0.5, 0.6) is 0 Å². The van der Waals surface area contributed by atoms with E-state index in [1.807, 2.05) is 12.1 Å². The summed E-state index contributed by atoms with van der Waals surface area (Å²) in [6.45, 7) is 3.10. The molecule has 0 heterocycles. The first-order chi connectivity index (χ1) is 3.81. The number of nitrogens with zero attached hydrogens (tertiary/aromatic N) is 3. The Morgan fingerprint density at radius 3 is 2.50 bits per heavy atom.